The van der Waals surface area contributed by atoms with Crippen LogP contribution in [-0.4, -0.2) is 7.05 Å². The highest BCUT2D eigenvalue weighted by atomic mass is 35.5. The molecule has 2 aromatic carbocycles. The van der Waals surface area contributed by atoms with E-state index in [-0.39, 0.29) is 11.1 Å². The Kier molecular flexibility index (Phi) is 4.99. The lowest BCUT2D eigenvalue weighted by Crippen LogP contribution is -2.13. The van der Waals surface area contributed by atoms with Crippen LogP contribution in [0.25, 0.3) is 0 Å². The molecule has 0 bridgehead atoms. The first-order chi connectivity index (χ1) is 9.61. The largest absolute Gasteiger partial charge is 0.489 e. The van der Waals surface area contributed by atoms with E-state index in [0.29, 0.717) is 6.61 Å². The molecule has 1 N–H and O–H groups in total. The highest BCUT2D eigenvalue weighted by Crippen LogP contribution is 2.25. The van der Waals surface area contributed by atoms with Gasteiger partial charge in [-0.1, -0.05) is 35.9 Å². The molecule has 2 rings (SSSR count). The number of rotatable bonds is 5. The molecule has 2 nitrogen and oxygen atoms in total. The van der Waals surface area contributed by atoms with Crippen LogP contribution in [0.4, 0.5) is 4.39 Å². The summed E-state index contributed by atoms with van der Waals surface area (Å²) in [7, 11) is 1.90. The third-order valence-electron chi connectivity index (χ3n) is 3.20. The molecule has 0 radical (unpaired) electrons. The predicted octanol–water partition coefficient (Wildman–Crippen LogP) is 4.34. The van der Waals surface area contributed by atoms with Crippen molar-refractivity contribution < 1.29 is 9.13 Å². The first-order valence-electron chi connectivity index (χ1n) is 6.44. The monoisotopic (exact) mass is 293 g/mol. The molecule has 0 heterocycles. The first kappa shape index (κ1) is 14.8. The standard InChI is InChI=1S/C16H17ClFNO/c1-11(19-2)13-5-3-4-6-16(13)20-10-12-7-8-14(17)15(18)9-12/h3-9,11,19H,10H2,1-2H3. The van der Waals surface area contributed by atoms with Crippen LogP contribution in [-0.2, 0) is 6.61 Å². The Morgan fingerprint density at radius 3 is 2.70 bits per heavy atom. The van der Waals surface area contributed by atoms with Crippen molar-refractivity contribution >= 4 is 11.6 Å². The first-order valence-corrected chi connectivity index (χ1v) is 6.82. The molecule has 0 amide bonds. The molecule has 0 aliphatic carbocycles. The zero-order chi connectivity index (χ0) is 14.5. The quantitative estimate of drug-likeness (QED) is 0.885. The van der Waals surface area contributed by atoms with Gasteiger partial charge < -0.3 is 10.1 Å². The minimum absolute atomic E-state index is 0.123. The zero-order valence-electron chi connectivity index (χ0n) is 11.5. The number of para-hydroxylation sites is 1. The van der Waals surface area contributed by atoms with Gasteiger partial charge in [-0.2, -0.15) is 0 Å². The highest BCUT2D eigenvalue weighted by Gasteiger charge is 2.09. The molecule has 0 saturated carbocycles. The van der Waals surface area contributed by atoms with Gasteiger partial charge in [0.15, 0.2) is 0 Å². The van der Waals surface area contributed by atoms with E-state index in [0.717, 1.165) is 16.9 Å². The number of hydrogen-bond donors (Lipinski definition) is 1. The maximum atomic E-state index is 13.4. The molecule has 4 heteroatoms. The molecule has 106 valence electrons. The van der Waals surface area contributed by atoms with Crippen molar-refractivity contribution in [3.63, 3.8) is 0 Å². The van der Waals surface area contributed by atoms with Crippen molar-refractivity contribution in [3.8, 4) is 5.75 Å². The second-order valence-corrected chi connectivity index (χ2v) is 4.99. The minimum Gasteiger partial charge on any atom is -0.489 e. The number of nitrogens with one attached hydrogen (secondary N) is 1. The summed E-state index contributed by atoms with van der Waals surface area (Å²) in [5.41, 5.74) is 1.82. The Bertz CT molecular complexity index is 588. The average Bonchev–Trinajstić information content (AvgIpc) is 2.48. The molecule has 20 heavy (non-hydrogen) atoms. The highest BCUT2D eigenvalue weighted by molar-refractivity contribution is 6.30. The Morgan fingerprint density at radius 2 is 2.00 bits per heavy atom. The minimum atomic E-state index is -0.426. The molecule has 2 aromatic rings. The van der Waals surface area contributed by atoms with E-state index in [1.54, 1.807) is 6.07 Å². The molecule has 1 atom stereocenters. The van der Waals surface area contributed by atoms with E-state index in [1.165, 1.54) is 12.1 Å². The smallest absolute Gasteiger partial charge is 0.142 e. The van der Waals surface area contributed by atoms with Gasteiger partial charge >= 0.3 is 0 Å². The second kappa shape index (κ2) is 6.73. The van der Waals surface area contributed by atoms with Crippen molar-refractivity contribution in [1.82, 2.24) is 5.32 Å². The lowest BCUT2D eigenvalue weighted by Gasteiger charge is -2.16. The molecular weight excluding hydrogens is 277 g/mol. The van der Waals surface area contributed by atoms with Crippen molar-refractivity contribution in [1.29, 1.82) is 0 Å². The number of benzene rings is 2. The van der Waals surface area contributed by atoms with Crippen LogP contribution in [0.5, 0.6) is 5.75 Å². The molecule has 0 fully saturated rings. The lowest BCUT2D eigenvalue weighted by atomic mass is 10.1. The summed E-state index contributed by atoms with van der Waals surface area (Å²) in [5.74, 6) is 0.370. The summed E-state index contributed by atoms with van der Waals surface area (Å²) >= 11 is 5.66. The average molecular weight is 294 g/mol. The van der Waals surface area contributed by atoms with Gasteiger partial charge in [-0.3, -0.25) is 0 Å². The van der Waals surface area contributed by atoms with Gasteiger partial charge in [0.25, 0.3) is 0 Å². The van der Waals surface area contributed by atoms with Crippen molar-refractivity contribution in [3.05, 3.63) is 64.4 Å². The van der Waals surface area contributed by atoms with Gasteiger partial charge in [0.1, 0.15) is 18.2 Å². The van der Waals surface area contributed by atoms with E-state index >= 15 is 0 Å². The Morgan fingerprint density at radius 1 is 1.25 bits per heavy atom. The third kappa shape index (κ3) is 3.50. The molecular formula is C16H17ClFNO. The van der Waals surface area contributed by atoms with Gasteiger partial charge in [-0.25, -0.2) is 4.39 Å². The summed E-state index contributed by atoms with van der Waals surface area (Å²) in [4.78, 5) is 0. The maximum Gasteiger partial charge on any atom is 0.142 e. The molecule has 0 spiro atoms. The van der Waals surface area contributed by atoms with E-state index < -0.39 is 5.82 Å². The van der Waals surface area contributed by atoms with E-state index in [2.05, 4.69) is 12.2 Å². The summed E-state index contributed by atoms with van der Waals surface area (Å²) in [5, 5.41) is 3.30. The van der Waals surface area contributed by atoms with Gasteiger partial charge in [0.05, 0.1) is 5.02 Å². The van der Waals surface area contributed by atoms with E-state index in [1.807, 2.05) is 31.3 Å². The fourth-order valence-corrected chi connectivity index (χ4v) is 2.03. The summed E-state index contributed by atoms with van der Waals surface area (Å²) < 4.78 is 19.2. The topological polar surface area (TPSA) is 21.3 Å². The second-order valence-electron chi connectivity index (χ2n) is 4.59. The molecule has 0 aliphatic heterocycles. The van der Waals surface area contributed by atoms with E-state index in [9.17, 15) is 4.39 Å². The Hall–Kier alpha value is -1.58. The van der Waals surface area contributed by atoms with Crippen LogP contribution < -0.4 is 10.1 Å². The van der Waals surface area contributed by atoms with Crippen molar-refractivity contribution in [2.24, 2.45) is 0 Å². The van der Waals surface area contributed by atoms with Gasteiger partial charge in [-0.05, 0) is 37.7 Å². The number of ether oxygens (including phenoxy) is 1. The van der Waals surface area contributed by atoms with Crippen LogP contribution in [0.15, 0.2) is 42.5 Å². The lowest BCUT2D eigenvalue weighted by molar-refractivity contribution is 0.299. The van der Waals surface area contributed by atoms with Crippen LogP contribution in [0.1, 0.15) is 24.1 Å². The fraction of sp³-hybridized carbons (Fsp3) is 0.250. The van der Waals surface area contributed by atoms with E-state index in [4.69, 9.17) is 16.3 Å². The number of hydrogen-bond acceptors (Lipinski definition) is 2. The molecule has 1 unspecified atom stereocenters. The van der Waals surface area contributed by atoms with Crippen molar-refractivity contribution in [2.45, 2.75) is 19.6 Å². The fourth-order valence-electron chi connectivity index (χ4n) is 1.92. The zero-order valence-corrected chi connectivity index (χ0v) is 12.2. The normalized spacial score (nSPS) is 12.2. The van der Waals surface area contributed by atoms with Crippen LogP contribution in [0, 0.1) is 5.82 Å². The van der Waals surface area contributed by atoms with Gasteiger partial charge in [0, 0.05) is 11.6 Å². The van der Waals surface area contributed by atoms with Crippen LogP contribution in [0.2, 0.25) is 5.02 Å². The Labute approximate surface area is 123 Å². The summed E-state index contributed by atoms with van der Waals surface area (Å²) in [6, 6.07) is 12.7. The SMILES string of the molecule is CNC(C)c1ccccc1OCc1ccc(Cl)c(F)c1. The number of halogens is 2. The van der Waals surface area contributed by atoms with Gasteiger partial charge in [0.2, 0.25) is 0 Å². The van der Waals surface area contributed by atoms with Gasteiger partial charge in [-0.15, -0.1) is 0 Å². The molecule has 0 aliphatic rings. The molecule has 0 saturated heterocycles. The Balaban J connectivity index is 2.12. The van der Waals surface area contributed by atoms with Crippen molar-refractivity contribution in [2.75, 3.05) is 7.05 Å². The van der Waals surface area contributed by atoms with Crippen LogP contribution in [0.3, 0.4) is 0 Å². The van der Waals surface area contributed by atoms with Crippen LogP contribution >= 0.6 is 11.6 Å². The molecule has 0 aromatic heterocycles. The predicted molar refractivity (Wildman–Crippen MR) is 79.7 cm³/mol. The third-order valence-corrected chi connectivity index (χ3v) is 3.50. The maximum absolute atomic E-state index is 13.4. The summed E-state index contributed by atoms with van der Waals surface area (Å²) in [6.45, 7) is 2.37. The summed E-state index contributed by atoms with van der Waals surface area (Å²) in [6.07, 6.45) is 0.